The minimum absolute atomic E-state index is 0.107. The van der Waals surface area contributed by atoms with Crippen LogP contribution >= 0.6 is 0 Å². The lowest BCUT2D eigenvalue weighted by atomic mass is 10.2. The molecule has 78 valence electrons. The summed E-state index contributed by atoms with van der Waals surface area (Å²) in [6.45, 7) is 1.84. The van der Waals surface area contributed by atoms with Crippen LogP contribution in [0.25, 0.3) is 0 Å². The van der Waals surface area contributed by atoms with Crippen LogP contribution in [0, 0.1) is 0 Å². The highest BCUT2D eigenvalue weighted by Crippen LogP contribution is 2.20. The molecule has 13 heavy (non-hydrogen) atoms. The Kier molecular flexibility index (Phi) is 3.55. The summed E-state index contributed by atoms with van der Waals surface area (Å²) in [5, 5.41) is 3.13. The van der Waals surface area contributed by atoms with Crippen molar-refractivity contribution in [3.63, 3.8) is 0 Å². The smallest absolute Gasteiger partial charge is 0.315 e. The van der Waals surface area contributed by atoms with Crippen molar-refractivity contribution in [2.75, 3.05) is 26.7 Å². The number of halogens is 3. The minimum Gasteiger partial charge on any atom is -0.315 e. The van der Waals surface area contributed by atoms with Crippen molar-refractivity contribution < 1.29 is 13.2 Å². The van der Waals surface area contributed by atoms with Crippen LogP contribution < -0.4 is 5.32 Å². The second-order valence-corrected chi connectivity index (χ2v) is 3.49. The molecule has 1 N–H and O–H groups in total. The van der Waals surface area contributed by atoms with Crippen molar-refractivity contribution in [2.45, 2.75) is 25.1 Å². The van der Waals surface area contributed by atoms with Gasteiger partial charge in [0.2, 0.25) is 0 Å². The Morgan fingerprint density at radius 3 is 2.62 bits per heavy atom. The van der Waals surface area contributed by atoms with Gasteiger partial charge in [-0.2, -0.15) is 13.2 Å². The summed E-state index contributed by atoms with van der Waals surface area (Å²) in [7, 11) is 1.75. The number of likely N-dealkylation sites (N-methyl/N-ethyl adjacent to an activating group) is 1. The van der Waals surface area contributed by atoms with Crippen LogP contribution in [0.2, 0.25) is 0 Å². The van der Waals surface area contributed by atoms with Crippen LogP contribution in [0.1, 0.15) is 12.8 Å². The average Bonchev–Trinajstić information content (AvgIpc) is 2.50. The van der Waals surface area contributed by atoms with E-state index >= 15 is 0 Å². The molecule has 1 rings (SSSR count). The summed E-state index contributed by atoms with van der Waals surface area (Å²) in [5.41, 5.74) is 0. The van der Waals surface area contributed by atoms with Gasteiger partial charge < -0.3 is 10.2 Å². The fourth-order valence-electron chi connectivity index (χ4n) is 1.50. The lowest BCUT2D eigenvalue weighted by Gasteiger charge is -2.23. The third-order valence-electron chi connectivity index (χ3n) is 2.41. The van der Waals surface area contributed by atoms with Crippen molar-refractivity contribution in [3.8, 4) is 0 Å². The highest BCUT2D eigenvalue weighted by atomic mass is 19.4. The molecule has 0 aromatic rings. The van der Waals surface area contributed by atoms with E-state index < -0.39 is 12.6 Å². The molecule has 1 atom stereocenters. The van der Waals surface area contributed by atoms with Gasteiger partial charge in [0, 0.05) is 19.1 Å². The second-order valence-electron chi connectivity index (χ2n) is 3.49. The Balaban J connectivity index is 2.20. The standard InChI is InChI=1S/C8H15F3N2/c1-13(5-3-8(9,10)11)7-2-4-12-6-7/h7,12H,2-6H2,1H3/t7-/m0/s1. The summed E-state index contributed by atoms with van der Waals surface area (Å²) in [4.78, 5) is 1.79. The number of nitrogens with one attached hydrogen (secondary N) is 1. The maximum Gasteiger partial charge on any atom is 0.390 e. The van der Waals surface area contributed by atoms with Gasteiger partial charge in [-0.3, -0.25) is 0 Å². The molecular formula is C8H15F3N2. The zero-order valence-electron chi connectivity index (χ0n) is 7.69. The SMILES string of the molecule is CN(CCC(F)(F)F)[C@H]1CCNC1. The Bertz CT molecular complexity index is 152. The van der Waals surface area contributed by atoms with Crippen molar-refractivity contribution in [1.82, 2.24) is 10.2 Å². The molecule has 0 aromatic heterocycles. The molecule has 5 heteroatoms. The zero-order chi connectivity index (χ0) is 9.90. The Labute approximate surface area is 76.1 Å². The second kappa shape index (κ2) is 4.28. The van der Waals surface area contributed by atoms with E-state index in [0.29, 0.717) is 0 Å². The lowest BCUT2D eigenvalue weighted by Crippen LogP contribution is -2.35. The van der Waals surface area contributed by atoms with Gasteiger partial charge in [-0.1, -0.05) is 0 Å². The molecule has 2 nitrogen and oxygen atoms in total. The fraction of sp³-hybridized carbons (Fsp3) is 1.00. The largest absolute Gasteiger partial charge is 0.390 e. The van der Waals surface area contributed by atoms with E-state index in [0.717, 1.165) is 19.5 Å². The summed E-state index contributed by atoms with van der Waals surface area (Å²) < 4.78 is 35.6. The first-order chi connectivity index (χ1) is 5.99. The van der Waals surface area contributed by atoms with Gasteiger partial charge in [0.25, 0.3) is 0 Å². The molecular weight excluding hydrogens is 181 g/mol. The fourth-order valence-corrected chi connectivity index (χ4v) is 1.50. The van der Waals surface area contributed by atoms with Gasteiger partial charge in [0.15, 0.2) is 0 Å². The number of alkyl halides is 3. The predicted octanol–water partition coefficient (Wildman–Crippen LogP) is 1.23. The summed E-state index contributed by atoms with van der Waals surface area (Å²) in [6, 6.07) is 0.280. The van der Waals surface area contributed by atoms with Crippen LogP contribution in [0.15, 0.2) is 0 Å². The van der Waals surface area contributed by atoms with Gasteiger partial charge in [-0.25, -0.2) is 0 Å². The monoisotopic (exact) mass is 196 g/mol. The Morgan fingerprint density at radius 1 is 1.46 bits per heavy atom. The lowest BCUT2D eigenvalue weighted by molar-refractivity contribution is -0.138. The van der Waals surface area contributed by atoms with E-state index in [1.54, 1.807) is 11.9 Å². The number of hydrogen-bond acceptors (Lipinski definition) is 2. The summed E-state index contributed by atoms with van der Waals surface area (Å²) in [5.74, 6) is 0. The molecule has 0 unspecified atom stereocenters. The van der Waals surface area contributed by atoms with E-state index in [4.69, 9.17) is 0 Å². The molecule has 0 radical (unpaired) electrons. The number of hydrogen-bond donors (Lipinski definition) is 1. The van der Waals surface area contributed by atoms with E-state index in [9.17, 15) is 13.2 Å². The van der Waals surface area contributed by atoms with E-state index in [1.165, 1.54) is 0 Å². The summed E-state index contributed by atoms with van der Waals surface area (Å²) in [6.07, 6.45) is -3.78. The zero-order valence-corrected chi connectivity index (χ0v) is 7.69. The number of rotatable bonds is 3. The Hall–Kier alpha value is -0.290. The molecule has 1 aliphatic heterocycles. The molecule has 0 aliphatic carbocycles. The molecule has 0 spiro atoms. The van der Waals surface area contributed by atoms with Crippen LogP contribution in [0.4, 0.5) is 13.2 Å². The van der Waals surface area contributed by atoms with Gasteiger partial charge in [0.05, 0.1) is 6.42 Å². The van der Waals surface area contributed by atoms with Gasteiger partial charge >= 0.3 is 6.18 Å². The number of nitrogens with zero attached hydrogens (tertiary/aromatic N) is 1. The molecule has 1 fully saturated rings. The highest BCUT2D eigenvalue weighted by Gasteiger charge is 2.29. The van der Waals surface area contributed by atoms with Crippen molar-refractivity contribution in [1.29, 1.82) is 0 Å². The van der Waals surface area contributed by atoms with Crippen LogP contribution in [0.3, 0.4) is 0 Å². The molecule has 0 aromatic carbocycles. The van der Waals surface area contributed by atoms with E-state index in [1.807, 2.05) is 0 Å². The van der Waals surface area contributed by atoms with E-state index in [-0.39, 0.29) is 12.6 Å². The van der Waals surface area contributed by atoms with Gasteiger partial charge in [-0.05, 0) is 20.0 Å². The first-order valence-corrected chi connectivity index (χ1v) is 4.47. The maximum atomic E-state index is 11.9. The van der Waals surface area contributed by atoms with Crippen LogP contribution in [0.5, 0.6) is 0 Å². The molecule has 1 aliphatic rings. The van der Waals surface area contributed by atoms with Crippen molar-refractivity contribution in [3.05, 3.63) is 0 Å². The maximum absolute atomic E-state index is 11.9. The Morgan fingerprint density at radius 2 is 2.15 bits per heavy atom. The van der Waals surface area contributed by atoms with Crippen LogP contribution in [-0.2, 0) is 0 Å². The average molecular weight is 196 g/mol. The van der Waals surface area contributed by atoms with Crippen molar-refractivity contribution >= 4 is 0 Å². The molecule has 1 heterocycles. The minimum atomic E-state index is -4.03. The third-order valence-corrected chi connectivity index (χ3v) is 2.41. The van der Waals surface area contributed by atoms with Gasteiger partial charge in [0.1, 0.15) is 0 Å². The first-order valence-electron chi connectivity index (χ1n) is 4.47. The van der Waals surface area contributed by atoms with Crippen molar-refractivity contribution in [2.24, 2.45) is 0 Å². The first kappa shape index (κ1) is 10.8. The predicted molar refractivity (Wildman–Crippen MR) is 44.6 cm³/mol. The van der Waals surface area contributed by atoms with E-state index in [2.05, 4.69) is 5.32 Å². The van der Waals surface area contributed by atoms with Crippen LogP contribution in [-0.4, -0.2) is 43.8 Å². The topological polar surface area (TPSA) is 15.3 Å². The molecule has 1 saturated heterocycles. The third kappa shape index (κ3) is 3.95. The molecule has 0 saturated carbocycles. The van der Waals surface area contributed by atoms with Gasteiger partial charge in [-0.15, -0.1) is 0 Å². The molecule has 0 bridgehead atoms. The quantitative estimate of drug-likeness (QED) is 0.730. The summed E-state index contributed by atoms with van der Waals surface area (Å²) >= 11 is 0. The molecule has 0 amide bonds. The highest BCUT2D eigenvalue weighted by molar-refractivity contribution is 4.78. The normalized spacial score (nSPS) is 24.2.